The number of carbonyl (C=O) groups is 1. The van der Waals surface area contributed by atoms with Crippen LogP contribution in [0.2, 0.25) is 0 Å². The van der Waals surface area contributed by atoms with Crippen molar-refractivity contribution in [2.45, 2.75) is 25.2 Å². The molecule has 1 aromatic heterocycles. The summed E-state index contributed by atoms with van der Waals surface area (Å²) in [6, 6.07) is 4.98. The lowest BCUT2D eigenvalue weighted by atomic mass is 10.2. The van der Waals surface area contributed by atoms with E-state index in [9.17, 15) is 14.0 Å². The van der Waals surface area contributed by atoms with Gasteiger partial charge in [0.25, 0.3) is 5.56 Å². The van der Waals surface area contributed by atoms with Crippen LogP contribution in [-0.4, -0.2) is 35.1 Å². The minimum absolute atomic E-state index is 0.130. The molecular formula is C14H12BrFN2O4. The molecule has 2 atom stereocenters. The highest BCUT2D eigenvalue weighted by molar-refractivity contribution is 9.10. The summed E-state index contributed by atoms with van der Waals surface area (Å²) in [5, 5.41) is 4.85. The van der Waals surface area contributed by atoms with E-state index < -0.39 is 23.8 Å². The largest absolute Gasteiger partial charge is 0.470 e. The lowest BCUT2D eigenvalue weighted by Crippen LogP contribution is -2.28. The lowest BCUT2D eigenvalue weighted by Gasteiger charge is -2.11. The van der Waals surface area contributed by atoms with Crippen LogP contribution in [0, 0.1) is 0 Å². The van der Waals surface area contributed by atoms with Gasteiger partial charge >= 0.3 is 5.97 Å². The molecule has 0 spiro atoms. The summed E-state index contributed by atoms with van der Waals surface area (Å²) in [7, 11) is 1.22. The SMILES string of the molecule is COC(=O)Cn1nc(O[C@H]2CC2F)c2cc(Br)ccc2c1=O. The van der Waals surface area contributed by atoms with E-state index in [4.69, 9.17) is 4.74 Å². The van der Waals surface area contributed by atoms with Crippen molar-refractivity contribution in [3.63, 3.8) is 0 Å². The summed E-state index contributed by atoms with van der Waals surface area (Å²) < 4.78 is 24.8. The molecule has 0 N–H and O–H groups in total. The number of hydrogen-bond acceptors (Lipinski definition) is 5. The van der Waals surface area contributed by atoms with Crippen molar-refractivity contribution in [2.75, 3.05) is 7.11 Å². The van der Waals surface area contributed by atoms with Crippen molar-refractivity contribution >= 4 is 32.7 Å². The van der Waals surface area contributed by atoms with Gasteiger partial charge in [-0.3, -0.25) is 9.59 Å². The molecule has 1 unspecified atom stereocenters. The zero-order valence-corrected chi connectivity index (χ0v) is 13.2. The Morgan fingerprint density at radius 3 is 2.86 bits per heavy atom. The standard InChI is InChI=1S/C14H12BrFN2O4/c1-21-12(19)6-18-14(20)8-3-2-7(15)4-9(8)13(17-18)22-11-5-10(11)16/h2-4,10-11H,5-6H2,1H3/t10?,11-/m0/s1. The van der Waals surface area contributed by atoms with Gasteiger partial charge in [-0.1, -0.05) is 15.9 Å². The van der Waals surface area contributed by atoms with Crippen molar-refractivity contribution < 1.29 is 18.7 Å². The van der Waals surface area contributed by atoms with Gasteiger partial charge in [0.2, 0.25) is 5.88 Å². The zero-order chi connectivity index (χ0) is 15.9. The average molecular weight is 371 g/mol. The molecule has 1 heterocycles. The monoisotopic (exact) mass is 370 g/mol. The maximum Gasteiger partial charge on any atom is 0.327 e. The van der Waals surface area contributed by atoms with Crippen LogP contribution in [0.25, 0.3) is 10.8 Å². The lowest BCUT2D eigenvalue weighted by molar-refractivity contribution is -0.141. The molecular weight excluding hydrogens is 359 g/mol. The van der Waals surface area contributed by atoms with E-state index in [1.54, 1.807) is 18.2 Å². The summed E-state index contributed by atoms with van der Waals surface area (Å²) in [4.78, 5) is 23.7. The van der Waals surface area contributed by atoms with E-state index in [0.717, 1.165) is 9.15 Å². The molecule has 1 aliphatic carbocycles. The van der Waals surface area contributed by atoms with Crippen LogP contribution in [0.5, 0.6) is 5.88 Å². The molecule has 0 bridgehead atoms. The van der Waals surface area contributed by atoms with Gasteiger partial charge in [0.1, 0.15) is 18.8 Å². The minimum Gasteiger partial charge on any atom is -0.470 e. The molecule has 6 nitrogen and oxygen atoms in total. The third-order valence-electron chi connectivity index (χ3n) is 3.32. The Morgan fingerprint density at radius 2 is 2.23 bits per heavy atom. The first kappa shape index (κ1) is 15.0. The Bertz CT molecular complexity index is 807. The zero-order valence-electron chi connectivity index (χ0n) is 11.6. The highest BCUT2D eigenvalue weighted by Gasteiger charge is 2.41. The number of esters is 1. The average Bonchev–Trinajstić information content (AvgIpc) is 3.18. The summed E-state index contributed by atoms with van der Waals surface area (Å²) in [6.07, 6.45) is -1.28. The number of fused-ring (bicyclic) bond motifs is 1. The molecule has 0 radical (unpaired) electrons. The number of hydrogen-bond donors (Lipinski definition) is 0. The van der Waals surface area contributed by atoms with Gasteiger partial charge in [-0.2, -0.15) is 0 Å². The number of alkyl halides is 1. The third-order valence-corrected chi connectivity index (χ3v) is 3.81. The van der Waals surface area contributed by atoms with E-state index in [1.807, 2.05) is 0 Å². The Morgan fingerprint density at radius 1 is 1.50 bits per heavy atom. The Balaban J connectivity index is 2.12. The van der Waals surface area contributed by atoms with Gasteiger partial charge < -0.3 is 9.47 Å². The molecule has 2 aromatic rings. The van der Waals surface area contributed by atoms with Crippen LogP contribution in [0.1, 0.15) is 6.42 Å². The van der Waals surface area contributed by atoms with E-state index >= 15 is 0 Å². The summed E-state index contributed by atoms with van der Waals surface area (Å²) in [6.45, 7) is -0.332. The van der Waals surface area contributed by atoms with Crippen molar-refractivity contribution in [2.24, 2.45) is 0 Å². The van der Waals surface area contributed by atoms with Gasteiger partial charge in [0.05, 0.1) is 17.9 Å². The third kappa shape index (κ3) is 2.83. The quantitative estimate of drug-likeness (QED) is 0.767. The summed E-state index contributed by atoms with van der Waals surface area (Å²) >= 11 is 3.31. The molecule has 0 amide bonds. The number of ether oxygens (including phenoxy) is 2. The second kappa shape index (κ2) is 5.68. The number of halogens is 2. The summed E-state index contributed by atoms with van der Waals surface area (Å²) in [5.41, 5.74) is -0.437. The maximum absolute atomic E-state index is 13.1. The molecule has 1 fully saturated rings. The fourth-order valence-corrected chi connectivity index (χ4v) is 2.38. The number of carbonyl (C=O) groups excluding carboxylic acids is 1. The number of rotatable bonds is 4. The van der Waals surface area contributed by atoms with Gasteiger partial charge in [-0.15, -0.1) is 5.10 Å². The van der Waals surface area contributed by atoms with Crippen LogP contribution in [0.15, 0.2) is 27.5 Å². The van der Waals surface area contributed by atoms with Crippen LogP contribution >= 0.6 is 15.9 Å². The molecule has 3 rings (SSSR count). The molecule has 0 saturated heterocycles. The maximum atomic E-state index is 13.1. The second-order valence-corrected chi connectivity index (χ2v) is 5.86. The Hall–Kier alpha value is -1.96. The fraction of sp³-hybridized carbons (Fsp3) is 0.357. The number of methoxy groups -OCH3 is 1. The predicted octanol–water partition coefficient (Wildman–Crippen LogP) is 1.82. The van der Waals surface area contributed by atoms with E-state index in [0.29, 0.717) is 17.2 Å². The molecule has 22 heavy (non-hydrogen) atoms. The van der Waals surface area contributed by atoms with Crippen LogP contribution in [0.3, 0.4) is 0 Å². The second-order valence-electron chi connectivity index (χ2n) is 4.94. The van der Waals surface area contributed by atoms with E-state index in [1.165, 1.54) is 7.11 Å². The smallest absolute Gasteiger partial charge is 0.327 e. The molecule has 0 aliphatic heterocycles. The molecule has 8 heteroatoms. The Kier molecular flexibility index (Phi) is 3.86. The first-order valence-corrected chi connectivity index (χ1v) is 7.37. The van der Waals surface area contributed by atoms with Crippen molar-refractivity contribution in [3.8, 4) is 5.88 Å². The minimum atomic E-state index is -1.02. The van der Waals surface area contributed by atoms with E-state index in [-0.39, 0.29) is 12.4 Å². The first-order chi connectivity index (χ1) is 10.5. The van der Waals surface area contributed by atoms with E-state index in [2.05, 4.69) is 25.8 Å². The Labute approximate surface area is 132 Å². The molecule has 1 aliphatic rings. The first-order valence-electron chi connectivity index (χ1n) is 6.57. The highest BCUT2D eigenvalue weighted by Crippen LogP contribution is 2.33. The predicted molar refractivity (Wildman–Crippen MR) is 79.6 cm³/mol. The van der Waals surface area contributed by atoms with Gasteiger partial charge in [-0.05, 0) is 18.2 Å². The van der Waals surface area contributed by atoms with Gasteiger partial charge in [-0.25, -0.2) is 9.07 Å². The topological polar surface area (TPSA) is 70.4 Å². The van der Waals surface area contributed by atoms with Crippen molar-refractivity contribution in [3.05, 3.63) is 33.0 Å². The van der Waals surface area contributed by atoms with Crippen LogP contribution in [0.4, 0.5) is 4.39 Å². The number of aromatic nitrogens is 2. The number of benzene rings is 1. The molecule has 1 aromatic carbocycles. The fourth-order valence-electron chi connectivity index (χ4n) is 2.02. The number of nitrogens with zero attached hydrogens (tertiary/aromatic N) is 2. The van der Waals surface area contributed by atoms with Gasteiger partial charge in [0.15, 0.2) is 0 Å². The van der Waals surface area contributed by atoms with Crippen molar-refractivity contribution in [1.82, 2.24) is 9.78 Å². The van der Waals surface area contributed by atoms with Crippen LogP contribution in [-0.2, 0) is 16.1 Å². The van der Waals surface area contributed by atoms with Crippen LogP contribution < -0.4 is 10.3 Å². The normalized spacial score (nSPS) is 20.0. The van der Waals surface area contributed by atoms with Crippen molar-refractivity contribution in [1.29, 1.82) is 0 Å². The summed E-state index contributed by atoms with van der Waals surface area (Å²) in [5.74, 6) is -0.475. The molecule has 116 valence electrons. The molecule has 1 saturated carbocycles. The van der Waals surface area contributed by atoms with Gasteiger partial charge in [0, 0.05) is 10.9 Å². The highest BCUT2D eigenvalue weighted by atomic mass is 79.9.